The van der Waals surface area contributed by atoms with E-state index < -0.39 is 88.8 Å². The van der Waals surface area contributed by atoms with Crippen LogP contribution in [0.4, 0.5) is 5.69 Å². The first-order valence-corrected chi connectivity index (χ1v) is 19.7. The van der Waals surface area contributed by atoms with E-state index in [1.54, 1.807) is 39.8 Å². The number of allylic oxidation sites excluding steroid dienone is 2. The number of nitrogens with one attached hydrogen (secondary N) is 2. The second kappa shape index (κ2) is 18.2. The summed E-state index contributed by atoms with van der Waals surface area (Å²) in [5.41, 5.74) is 0.853. The molecule has 3 aliphatic heterocycles. The second-order valence-corrected chi connectivity index (χ2v) is 15.8. The Morgan fingerprint density at radius 2 is 1.58 bits per heavy atom. The van der Waals surface area contributed by atoms with E-state index in [9.17, 15) is 39.9 Å². The number of methoxy groups -OCH3 is 1. The first-order valence-electron chi connectivity index (χ1n) is 19.7. The summed E-state index contributed by atoms with van der Waals surface area (Å²) < 4.78 is 23.6. The van der Waals surface area contributed by atoms with Crippen molar-refractivity contribution in [3.8, 4) is 23.0 Å². The third-order valence-electron chi connectivity index (χ3n) is 11.6. The van der Waals surface area contributed by atoms with Crippen LogP contribution in [0.5, 0.6) is 23.0 Å². The van der Waals surface area contributed by atoms with Gasteiger partial charge in [0.25, 0.3) is 11.7 Å². The molecular weight excluding hydrogens is 760 g/mol. The number of hydrogen-bond donors (Lipinski definition) is 7. The van der Waals surface area contributed by atoms with Crippen molar-refractivity contribution in [3.05, 3.63) is 88.7 Å². The van der Waals surface area contributed by atoms with Crippen LogP contribution in [-0.2, 0) is 36.9 Å². The zero-order valence-corrected chi connectivity index (χ0v) is 34.9. The Kier molecular flexibility index (Phi) is 13.8. The number of amides is 1. The lowest BCUT2D eigenvalue weighted by atomic mass is 9.78. The number of aliphatic hydroxyl groups excluding tert-OH is 2. The summed E-state index contributed by atoms with van der Waals surface area (Å²) in [5, 5.41) is 63.8. The maximum absolute atomic E-state index is 14.4. The van der Waals surface area contributed by atoms with Crippen LogP contribution in [0, 0.1) is 30.6 Å². The number of carbonyl (C=O) groups excluding carboxylic acids is 3. The fourth-order valence-electron chi connectivity index (χ4n) is 7.89. The van der Waals surface area contributed by atoms with Gasteiger partial charge in [-0.15, -0.1) is 0 Å². The van der Waals surface area contributed by atoms with Gasteiger partial charge in [0.15, 0.2) is 5.75 Å². The van der Waals surface area contributed by atoms with Gasteiger partial charge in [0.1, 0.15) is 23.4 Å². The molecule has 0 fully saturated rings. The topological polar surface area (TPSA) is 213 Å². The first kappa shape index (κ1) is 44.7. The molecule has 0 saturated carbocycles. The highest BCUT2D eigenvalue weighted by atomic mass is 16.7. The molecule has 59 heavy (non-hydrogen) atoms. The van der Waals surface area contributed by atoms with Gasteiger partial charge in [-0.3, -0.25) is 14.4 Å². The molecule has 318 valence electrons. The van der Waals surface area contributed by atoms with Gasteiger partial charge in [-0.25, -0.2) is 0 Å². The minimum atomic E-state index is -2.03. The number of esters is 1. The summed E-state index contributed by atoms with van der Waals surface area (Å²) in [6, 6.07) is 9.42. The summed E-state index contributed by atoms with van der Waals surface area (Å²) in [6.45, 7) is 12.8. The Balaban J connectivity index is 1.68. The first-order chi connectivity index (χ1) is 27.8. The van der Waals surface area contributed by atoms with E-state index in [1.807, 2.05) is 30.3 Å². The molecule has 3 aromatic carbocycles. The normalized spacial score (nSPS) is 27.9. The molecule has 0 unspecified atom stereocenters. The Morgan fingerprint density at radius 1 is 0.898 bits per heavy atom. The molecule has 0 radical (unpaired) electrons. The molecule has 14 nitrogen and oxygen atoms in total. The van der Waals surface area contributed by atoms with Gasteiger partial charge in [-0.2, -0.15) is 0 Å². The van der Waals surface area contributed by atoms with Gasteiger partial charge >= 0.3 is 11.8 Å². The van der Waals surface area contributed by atoms with Gasteiger partial charge in [-0.05, 0) is 25.5 Å². The average molecular weight is 817 g/mol. The maximum Gasteiger partial charge on any atom is 0.312 e. The molecule has 5 bridgehead atoms. The summed E-state index contributed by atoms with van der Waals surface area (Å²) >= 11 is 0. The van der Waals surface area contributed by atoms with Gasteiger partial charge < -0.3 is 55.1 Å². The van der Waals surface area contributed by atoms with E-state index in [1.165, 1.54) is 53.2 Å². The molecule has 0 aromatic heterocycles. The molecule has 7 N–H and O–H groups in total. The Bertz CT molecular complexity index is 2170. The largest absolute Gasteiger partial charge is 0.507 e. The van der Waals surface area contributed by atoms with Crippen molar-refractivity contribution in [2.75, 3.05) is 12.4 Å². The zero-order valence-electron chi connectivity index (χ0n) is 34.9. The minimum Gasteiger partial charge on any atom is -0.507 e. The molecule has 0 saturated heterocycles. The molecule has 14 heteroatoms. The number of anilines is 1. The van der Waals surface area contributed by atoms with Crippen molar-refractivity contribution >= 4 is 34.1 Å². The molecule has 3 heterocycles. The SMILES string of the molecule is CO[C@@H]1C=CO[C@@]2(C)Oc3c(C)c(O)c4c(O)c(c(CNCc5ccccc5)c(O)c4c3C2=O)NC(=O)C(C)=CC=C[C@H](C)[C@H](O)[C@H](C)[C@H](O)[C@H](C)[C@@H](OC(C)=O)[C@@H]1C. The maximum atomic E-state index is 14.4. The van der Waals surface area contributed by atoms with E-state index in [0.29, 0.717) is 6.54 Å². The van der Waals surface area contributed by atoms with Crippen LogP contribution < -0.4 is 15.4 Å². The van der Waals surface area contributed by atoms with Crippen molar-refractivity contribution in [1.29, 1.82) is 0 Å². The molecule has 1 amide bonds. The van der Waals surface area contributed by atoms with Crippen LogP contribution in [0.15, 0.2) is 66.5 Å². The zero-order chi connectivity index (χ0) is 43.5. The number of Topliss-reactive ketones (excluding diaryl/α,β-unsaturated/α-hetero) is 1. The Labute approximate surface area is 344 Å². The standard InChI is InChI=1S/C45H56N2O12/c1-22-14-13-15-23(2)44(55)47-35-30(21-46-20-29-16-11-10-12-17-29)39(52)32-33(40(35)53)38(51)27(6)42-34(32)43(54)45(8,59-42)57-19-18-31(56-9)24(3)41(58-28(7)48)26(5)37(50)25(4)36(22)49/h10-19,22,24-26,31,36-37,41,46,49-53H,20-21H2,1-9H3,(H,47,55)/t22-,24+,25-,26-,31+,36-,37-,41-,45-/m0/s1. The second-order valence-electron chi connectivity index (χ2n) is 15.8. The summed E-state index contributed by atoms with van der Waals surface area (Å²) in [6.07, 6.45) is 3.61. The van der Waals surface area contributed by atoms with Gasteiger partial charge in [0, 0.05) is 79.8 Å². The highest BCUT2D eigenvalue weighted by Gasteiger charge is 2.50. The van der Waals surface area contributed by atoms with Crippen molar-refractivity contribution < 1.29 is 58.9 Å². The van der Waals surface area contributed by atoms with E-state index in [4.69, 9.17) is 18.9 Å². The van der Waals surface area contributed by atoms with Crippen molar-refractivity contribution in [3.63, 3.8) is 0 Å². The van der Waals surface area contributed by atoms with Crippen LogP contribution in [0.25, 0.3) is 10.8 Å². The van der Waals surface area contributed by atoms with E-state index in [0.717, 1.165) is 5.56 Å². The lowest BCUT2D eigenvalue weighted by molar-refractivity contribution is -0.160. The van der Waals surface area contributed by atoms with Crippen LogP contribution in [0.2, 0.25) is 0 Å². The smallest absolute Gasteiger partial charge is 0.312 e. The predicted octanol–water partition coefficient (Wildman–Crippen LogP) is 6.04. The quantitative estimate of drug-likeness (QED) is 0.0860. The van der Waals surface area contributed by atoms with Crippen molar-refractivity contribution in [2.45, 2.75) is 98.7 Å². The van der Waals surface area contributed by atoms with E-state index in [-0.39, 0.29) is 51.0 Å². The van der Waals surface area contributed by atoms with Gasteiger partial charge in [0.2, 0.25) is 0 Å². The number of rotatable bonds is 6. The lowest BCUT2D eigenvalue weighted by Gasteiger charge is -2.38. The summed E-state index contributed by atoms with van der Waals surface area (Å²) in [5.74, 6) is -8.14. The number of carbonyl (C=O) groups is 3. The summed E-state index contributed by atoms with van der Waals surface area (Å²) in [4.78, 5) is 40.5. The molecule has 3 aromatic rings. The highest BCUT2D eigenvalue weighted by molar-refractivity contribution is 6.22. The minimum absolute atomic E-state index is 0.0301. The molecule has 0 spiro atoms. The Hall–Kier alpha value is -5.41. The highest BCUT2D eigenvalue weighted by Crippen LogP contribution is 2.55. The van der Waals surface area contributed by atoms with Crippen molar-refractivity contribution in [2.24, 2.45) is 23.7 Å². The average Bonchev–Trinajstić information content (AvgIpc) is 3.47. The number of fused-ring (bicyclic) bond motifs is 14. The van der Waals surface area contributed by atoms with E-state index >= 15 is 0 Å². The Morgan fingerprint density at radius 3 is 2.22 bits per heavy atom. The van der Waals surface area contributed by atoms with Crippen LogP contribution >= 0.6 is 0 Å². The molecular formula is C45H56N2O12. The van der Waals surface area contributed by atoms with Crippen molar-refractivity contribution in [1.82, 2.24) is 5.32 Å². The predicted molar refractivity (Wildman–Crippen MR) is 221 cm³/mol. The van der Waals surface area contributed by atoms with Gasteiger partial charge in [-0.1, -0.05) is 76.3 Å². The fourth-order valence-corrected chi connectivity index (χ4v) is 7.89. The number of aliphatic hydroxyl groups is 2. The molecule has 9 atom stereocenters. The van der Waals surface area contributed by atoms with Crippen LogP contribution in [0.1, 0.15) is 75.5 Å². The van der Waals surface area contributed by atoms with Crippen LogP contribution in [-0.4, -0.2) is 80.5 Å². The summed E-state index contributed by atoms with van der Waals surface area (Å²) in [7, 11) is 1.44. The monoisotopic (exact) mass is 816 g/mol. The van der Waals surface area contributed by atoms with Crippen LogP contribution in [0.3, 0.4) is 0 Å². The molecule has 0 aliphatic carbocycles. The number of ketones is 1. The lowest BCUT2D eigenvalue weighted by Crippen LogP contribution is -2.46. The number of phenols is 3. The number of aromatic hydroxyl groups is 3. The molecule has 6 rings (SSSR count). The van der Waals surface area contributed by atoms with Gasteiger partial charge in [0.05, 0.1) is 41.2 Å². The van der Waals surface area contributed by atoms with E-state index in [2.05, 4.69) is 10.6 Å². The number of hydrogen-bond acceptors (Lipinski definition) is 13. The third kappa shape index (κ3) is 8.96. The molecule has 3 aliphatic rings. The fraction of sp³-hybridized carbons (Fsp3) is 0.444. The number of ether oxygens (including phenoxy) is 4. The number of phenolic OH excluding ortho intramolecular Hbond substituents is 3. The number of benzene rings is 3. The third-order valence-corrected chi connectivity index (χ3v) is 11.6.